The maximum absolute atomic E-state index is 13.0. The molecule has 0 atom stereocenters. The van der Waals surface area contributed by atoms with Crippen LogP contribution < -0.4 is 15.6 Å². The van der Waals surface area contributed by atoms with E-state index in [2.05, 4.69) is 9.88 Å². The highest BCUT2D eigenvalue weighted by atomic mass is 16.5. The molecule has 1 amide bonds. The molecule has 0 spiro atoms. The molecule has 2 aromatic carbocycles. The molecule has 2 heterocycles. The fourth-order valence-electron chi connectivity index (χ4n) is 3.76. The molecule has 6 heteroatoms. The van der Waals surface area contributed by atoms with Gasteiger partial charge in [-0.1, -0.05) is 18.2 Å². The molecule has 154 valence electrons. The summed E-state index contributed by atoms with van der Waals surface area (Å²) in [6.45, 7) is 4.99. The van der Waals surface area contributed by atoms with Crippen molar-refractivity contribution in [3.63, 3.8) is 0 Å². The molecule has 2 aromatic heterocycles. The van der Waals surface area contributed by atoms with Gasteiger partial charge in [-0.3, -0.25) is 9.59 Å². The van der Waals surface area contributed by atoms with Gasteiger partial charge in [-0.25, -0.2) is 0 Å². The first-order chi connectivity index (χ1) is 14.5. The van der Waals surface area contributed by atoms with Crippen LogP contribution in [0.3, 0.4) is 0 Å². The summed E-state index contributed by atoms with van der Waals surface area (Å²) in [4.78, 5) is 25.7. The minimum atomic E-state index is -0.182. The van der Waals surface area contributed by atoms with E-state index in [0.29, 0.717) is 29.4 Å². The Hall–Kier alpha value is -3.54. The monoisotopic (exact) mass is 403 g/mol. The van der Waals surface area contributed by atoms with Gasteiger partial charge in [0.2, 0.25) is 0 Å². The molecule has 0 radical (unpaired) electrons. The molecule has 0 bridgehead atoms. The predicted octanol–water partition coefficient (Wildman–Crippen LogP) is 3.98. The third-order valence-electron chi connectivity index (χ3n) is 5.37. The molecule has 6 nitrogen and oxygen atoms in total. The number of amides is 1. The number of fused-ring (bicyclic) bond motifs is 2. The number of methoxy groups -OCH3 is 1. The van der Waals surface area contributed by atoms with E-state index in [9.17, 15) is 9.59 Å². The highest BCUT2D eigenvalue weighted by molar-refractivity contribution is 6.06. The van der Waals surface area contributed by atoms with Crippen LogP contribution in [0.1, 0.15) is 30.2 Å². The summed E-state index contributed by atoms with van der Waals surface area (Å²) >= 11 is 0. The summed E-state index contributed by atoms with van der Waals surface area (Å²) in [6.07, 6.45) is 3.67. The number of benzene rings is 2. The van der Waals surface area contributed by atoms with E-state index in [-0.39, 0.29) is 17.5 Å². The quantitative estimate of drug-likeness (QED) is 0.530. The van der Waals surface area contributed by atoms with Gasteiger partial charge < -0.3 is 19.2 Å². The minimum absolute atomic E-state index is 0.0307. The summed E-state index contributed by atoms with van der Waals surface area (Å²) in [5.41, 5.74) is 1.52. The lowest BCUT2D eigenvalue weighted by Crippen LogP contribution is -2.30. The number of hydrogen-bond donors (Lipinski definition) is 1. The van der Waals surface area contributed by atoms with Gasteiger partial charge in [0, 0.05) is 53.2 Å². The zero-order valence-corrected chi connectivity index (χ0v) is 17.4. The average Bonchev–Trinajstić information content (AvgIpc) is 3.16. The van der Waals surface area contributed by atoms with Crippen LogP contribution in [0.25, 0.3) is 21.7 Å². The normalized spacial score (nSPS) is 11.3. The number of hydrogen-bond acceptors (Lipinski definition) is 3. The van der Waals surface area contributed by atoms with Crippen molar-refractivity contribution in [1.82, 2.24) is 14.5 Å². The van der Waals surface area contributed by atoms with Gasteiger partial charge in [0.25, 0.3) is 11.5 Å². The van der Waals surface area contributed by atoms with Crippen LogP contribution in [0.2, 0.25) is 0 Å². The lowest BCUT2D eigenvalue weighted by molar-refractivity contribution is 0.0953. The summed E-state index contributed by atoms with van der Waals surface area (Å²) in [5.74, 6) is 0.638. The number of carbonyl (C=O) groups is 1. The molecule has 0 fully saturated rings. The number of carbonyl (C=O) groups excluding carboxylic acids is 1. The van der Waals surface area contributed by atoms with Gasteiger partial charge in [0.15, 0.2) is 0 Å². The van der Waals surface area contributed by atoms with Crippen molar-refractivity contribution in [2.24, 2.45) is 0 Å². The Kier molecular flexibility index (Phi) is 5.31. The van der Waals surface area contributed by atoms with Crippen molar-refractivity contribution in [2.75, 3.05) is 13.7 Å². The summed E-state index contributed by atoms with van der Waals surface area (Å²) in [7, 11) is 1.65. The number of aromatic nitrogens is 2. The van der Waals surface area contributed by atoms with Crippen LogP contribution in [-0.2, 0) is 6.54 Å². The second-order valence-corrected chi connectivity index (χ2v) is 7.58. The van der Waals surface area contributed by atoms with Crippen molar-refractivity contribution >= 4 is 27.6 Å². The third kappa shape index (κ3) is 3.56. The zero-order chi connectivity index (χ0) is 21.3. The Morgan fingerprint density at radius 3 is 2.60 bits per heavy atom. The number of rotatable bonds is 6. The van der Waals surface area contributed by atoms with Crippen molar-refractivity contribution in [3.05, 3.63) is 76.8 Å². The average molecular weight is 403 g/mol. The van der Waals surface area contributed by atoms with Crippen LogP contribution in [-0.4, -0.2) is 28.7 Å². The van der Waals surface area contributed by atoms with Gasteiger partial charge in [0.1, 0.15) is 5.75 Å². The van der Waals surface area contributed by atoms with Crippen LogP contribution >= 0.6 is 0 Å². The smallest absolute Gasteiger partial charge is 0.258 e. The van der Waals surface area contributed by atoms with Crippen molar-refractivity contribution < 1.29 is 9.53 Å². The lowest BCUT2D eigenvalue weighted by Gasteiger charge is -2.15. The van der Waals surface area contributed by atoms with E-state index in [0.717, 1.165) is 16.7 Å². The van der Waals surface area contributed by atoms with E-state index in [1.807, 2.05) is 62.5 Å². The van der Waals surface area contributed by atoms with Crippen LogP contribution in [0.15, 0.2) is 65.7 Å². The van der Waals surface area contributed by atoms with E-state index in [1.165, 1.54) is 0 Å². The number of ether oxygens (including phenoxy) is 1. The zero-order valence-electron chi connectivity index (χ0n) is 17.4. The van der Waals surface area contributed by atoms with Gasteiger partial charge in [0.05, 0.1) is 12.7 Å². The molecule has 4 aromatic rings. The lowest BCUT2D eigenvalue weighted by atomic mass is 10.1. The van der Waals surface area contributed by atoms with Gasteiger partial charge in [-0.2, -0.15) is 0 Å². The van der Waals surface area contributed by atoms with Gasteiger partial charge in [-0.15, -0.1) is 0 Å². The molecule has 0 saturated carbocycles. The number of pyridine rings is 1. The van der Waals surface area contributed by atoms with Gasteiger partial charge >= 0.3 is 0 Å². The Balaban J connectivity index is 1.56. The SMILES string of the molecule is COc1ccc2c(ccn2CCNC(=O)c2cn(C(C)C)c(=O)c3ccccc23)c1. The number of nitrogens with one attached hydrogen (secondary N) is 1. The Labute approximate surface area is 174 Å². The van der Waals surface area contributed by atoms with Crippen molar-refractivity contribution in [3.8, 4) is 5.75 Å². The van der Waals surface area contributed by atoms with Crippen LogP contribution in [0, 0.1) is 0 Å². The maximum Gasteiger partial charge on any atom is 0.258 e. The molecule has 0 aliphatic heterocycles. The molecule has 4 rings (SSSR count). The molecular formula is C24H25N3O3. The van der Waals surface area contributed by atoms with E-state index in [4.69, 9.17) is 4.74 Å². The third-order valence-corrected chi connectivity index (χ3v) is 5.37. The molecule has 0 unspecified atom stereocenters. The second kappa shape index (κ2) is 8.06. The molecule has 30 heavy (non-hydrogen) atoms. The fraction of sp³-hybridized carbons (Fsp3) is 0.250. The van der Waals surface area contributed by atoms with Crippen LogP contribution in [0.4, 0.5) is 0 Å². The highest BCUT2D eigenvalue weighted by Gasteiger charge is 2.15. The van der Waals surface area contributed by atoms with Gasteiger partial charge in [-0.05, 0) is 44.2 Å². The first kappa shape index (κ1) is 19.8. The second-order valence-electron chi connectivity index (χ2n) is 7.58. The van der Waals surface area contributed by atoms with E-state index in [1.54, 1.807) is 23.9 Å². The minimum Gasteiger partial charge on any atom is -0.497 e. The largest absolute Gasteiger partial charge is 0.497 e. The molecule has 0 saturated heterocycles. The standard InChI is InChI=1S/C24H25N3O3/c1-16(2)27-15-21(19-6-4-5-7-20(19)24(27)29)23(28)25-11-13-26-12-10-17-14-18(30-3)8-9-22(17)26/h4-10,12,14-16H,11,13H2,1-3H3,(H,25,28). The highest BCUT2D eigenvalue weighted by Crippen LogP contribution is 2.22. The molecule has 0 aliphatic carbocycles. The van der Waals surface area contributed by atoms with Crippen LogP contribution in [0.5, 0.6) is 5.75 Å². The summed E-state index contributed by atoms with van der Waals surface area (Å²) in [6, 6.07) is 15.2. The first-order valence-electron chi connectivity index (χ1n) is 10.0. The molecule has 0 aliphatic rings. The molecular weight excluding hydrogens is 378 g/mol. The first-order valence-corrected chi connectivity index (χ1v) is 10.0. The van der Waals surface area contributed by atoms with E-state index >= 15 is 0 Å². The van der Waals surface area contributed by atoms with Crippen molar-refractivity contribution in [2.45, 2.75) is 26.4 Å². The van der Waals surface area contributed by atoms with Crippen molar-refractivity contribution in [1.29, 1.82) is 0 Å². The maximum atomic E-state index is 13.0. The molecule has 1 N–H and O–H groups in total. The summed E-state index contributed by atoms with van der Waals surface area (Å²) in [5, 5.41) is 5.33. The predicted molar refractivity (Wildman–Crippen MR) is 119 cm³/mol. The summed E-state index contributed by atoms with van der Waals surface area (Å²) < 4.78 is 8.99. The Bertz CT molecular complexity index is 1280. The topological polar surface area (TPSA) is 65.3 Å². The Morgan fingerprint density at radius 1 is 1.10 bits per heavy atom. The van der Waals surface area contributed by atoms with E-state index < -0.39 is 0 Å². The number of nitrogens with zero attached hydrogens (tertiary/aromatic N) is 2. The Morgan fingerprint density at radius 2 is 1.87 bits per heavy atom. The fourth-order valence-corrected chi connectivity index (χ4v) is 3.76.